The van der Waals surface area contributed by atoms with Crippen molar-refractivity contribution < 1.29 is 4.79 Å². The lowest BCUT2D eigenvalue weighted by Crippen LogP contribution is -2.15. The largest absolute Gasteiger partial charge is 0.347 e. The maximum atomic E-state index is 11.7. The minimum absolute atomic E-state index is 0.188. The number of anilines is 1. The Morgan fingerprint density at radius 1 is 1.27 bits per heavy atom. The van der Waals surface area contributed by atoms with Gasteiger partial charge in [0, 0.05) is 26.7 Å². The Hall–Kier alpha value is -1.45. The van der Waals surface area contributed by atoms with Crippen LogP contribution < -0.4 is 4.90 Å². The van der Waals surface area contributed by atoms with Gasteiger partial charge in [-0.1, -0.05) is 0 Å². The van der Waals surface area contributed by atoms with Gasteiger partial charge >= 0.3 is 0 Å². The molecule has 0 aliphatic heterocycles. The van der Waals surface area contributed by atoms with E-state index in [1.807, 2.05) is 19.0 Å². The molecule has 1 aromatic heterocycles. The van der Waals surface area contributed by atoms with Gasteiger partial charge in [0.2, 0.25) is 5.95 Å². The molecule has 0 bridgehead atoms. The zero-order chi connectivity index (χ0) is 10.8. The lowest BCUT2D eigenvalue weighted by molar-refractivity contribution is 0.0981. The number of aromatic nitrogens is 2. The summed E-state index contributed by atoms with van der Waals surface area (Å²) in [6.07, 6.45) is 5.21. The summed E-state index contributed by atoms with van der Waals surface area (Å²) < 4.78 is 0. The van der Waals surface area contributed by atoms with Crippen LogP contribution in [-0.2, 0) is 6.42 Å². The third-order valence-corrected chi connectivity index (χ3v) is 2.62. The van der Waals surface area contributed by atoms with Crippen LogP contribution in [0.4, 0.5) is 5.95 Å². The van der Waals surface area contributed by atoms with Crippen LogP contribution in [0.3, 0.4) is 0 Å². The number of carbonyl (C=O) groups is 1. The number of aryl methyl sites for hydroxylation is 1. The first-order valence-corrected chi connectivity index (χ1v) is 5.25. The minimum atomic E-state index is 0.188. The fraction of sp³-hybridized carbons (Fsp3) is 0.545. The third kappa shape index (κ3) is 1.98. The Bertz CT molecular complexity index is 387. The van der Waals surface area contributed by atoms with E-state index in [0.717, 1.165) is 30.5 Å². The van der Waals surface area contributed by atoms with E-state index in [2.05, 4.69) is 9.97 Å². The lowest BCUT2D eigenvalue weighted by atomic mass is 10.1. The molecule has 4 nitrogen and oxygen atoms in total. The quantitative estimate of drug-likeness (QED) is 0.651. The van der Waals surface area contributed by atoms with Crippen LogP contribution in [-0.4, -0.2) is 29.8 Å². The Kier molecular flexibility index (Phi) is 2.66. The topological polar surface area (TPSA) is 46.1 Å². The summed E-state index contributed by atoms with van der Waals surface area (Å²) in [6, 6.07) is 0. The highest BCUT2D eigenvalue weighted by atomic mass is 16.1. The fourth-order valence-corrected chi connectivity index (χ4v) is 1.76. The van der Waals surface area contributed by atoms with Gasteiger partial charge in [0.05, 0.1) is 11.3 Å². The number of fused-ring (bicyclic) bond motifs is 1. The van der Waals surface area contributed by atoms with Crippen molar-refractivity contribution in [1.82, 2.24) is 9.97 Å². The van der Waals surface area contributed by atoms with Gasteiger partial charge in [-0.2, -0.15) is 0 Å². The van der Waals surface area contributed by atoms with Gasteiger partial charge in [0.1, 0.15) is 0 Å². The molecule has 1 aliphatic carbocycles. The number of carbonyl (C=O) groups excluding carboxylic acids is 1. The van der Waals surface area contributed by atoms with Gasteiger partial charge in [0.15, 0.2) is 5.78 Å². The third-order valence-electron chi connectivity index (χ3n) is 2.62. The molecule has 0 aromatic carbocycles. The van der Waals surface area contributed by atoms with Gasteiger partial charge < -0.3 is 4.90 Å². The van der Waals surface area contributed by atoms with Crippen molar-refractivity contribution in [2.45, 2.75) is 25.7 Å². The Morgan fingerprint density at radius 2 is 2.00 bits per heavy atom. The van der Waals surface area contributed by atoms with Gasteiger partial charge in [-0.25, -0.2) is 9.97 Å². The molecule has 0 amide bonds. The second kappa shape index (κ2) is 3.96. The standard InChI is InChI=1S/C11H15N3O/c1-14(2)11-12-7-8-9(13-11)5-3-4-6-10(8)15/h7H,3-6H2,1-2H3. The fourth-order valence-electron chi connectivity index (χ4n) is 1.76. The van der Waals surface area contributed by atoms with Gasteiger partial charge in [0.25, 0.3) is 0 Å². The second-order valence-electron chi connectivity index (χ2n) is 4.06. The molecule has 1 heterocycles. The predicted octanol–water partition coefficient (Wildman–Crippen LogP) is 1.45. The number of nitrogens with zero attached hydrogens (tertiary/aromatic N) is 3. The monoisotopic (exact) mass is 205 g/mol. The molecule has 0 unspecified atom stereocenters. The number of hydrogen-bond donors (Lipinski definition) is 0. The molecule has 0 spiro atoms. The highest BCUT2D eigenvalue weighted by Gasteiger charge is 2.17. The summed E-state index contributed by atoms with van der Waals surface area (Å²) in [4.78, 5) is 22.1. The smallest absolute Gasteiger partial charge is 0.225 e. The van der Waals surface area contributed by atoms with E-state index < -0.39 is 0 Å². The van der Waals surface area contributed by atoms with Gasteiger partial charge in [-0.15, -0.1) is 0 Å². The lowest BCUT2D eigenvalue weighted by Gasteiger charge is -2.12. The summed E-state index contributed by atoms with van der Waals surface area (Å²) in [5.41, 5.74) is 1.63. The molecule has 80 valence electrons. The summed E-state index contributed by atoms with van der Waals surface area (Å²) in [7, 11) is 3.81. The summed E-state index contributed by atoms with van der Waals surface area (Å²) >= 11 is 0. The van der Waals surface area contributed by atoms with Gasteiger partial charge in [-0.3, -0.25) is 4.79 Å². The zero-order valence-electron chi connectivity index (χ0n) is 9.16. The van der Waals surface area contributed by atoms with E-state index in [1.54, 1.807) is 6.20 Å². The van der Waals surface area contributed by atoms with E-state index in [0.29, 0.717) is 12.4 Å². The average Bonchev–Trinajstić information content (AvgIpc) is 2.40. The molecule has 4 heteroatoms. The Labute approximate surface area is 89.3 Å². The molecule has 2 rings (SSSR count). The van der Waals surface area contributed by atoms with Crippen LogP contribution in [0.2, 0.25) is 0 Å². The SMILES string of the molecule is CN(C)c1ncc2c(n1)CCCCC2=O. The molecule has 0 saturated heterocycles. The van der Waals surface area contributed by atoms with Crippen LogP contribution in [0.25, 0.3) is 0 Å². The molecule has 15 heavy (non-hydrogen) atoms. The second-order valence-corrected chi connectivity index (χ2v) is 4.06. The first-order valence-electron chi connectivity index (χ1n) is 5.25. The Balaban J connectivity index is 2.42. The van der Waals surface area contributed by atoms with Crippen molar-refractivity contribution in [3.63, 3.8) is 0 Å². The van der Waals surface area contributed by atoms with Crippen molar-refractivity contribution >= 4 is 11.7 Å². The van der Waals surface area contributed by atoms with Crippen LogP contribution in [0.15, 0.2) is 6.20 Å². The van der Waals surface area contributed by atoms with Crippen LogP contribution in [0, 0.1) is 0 Å². The molecule has 0 N–H and O–H groups in total. The van der Waals surface area contributed by atoms with Crippen LogP contribution >= 0.6 is 0 Å². The van der Waals surface area contributed by atoms with E-state index in [1.165, 1.54) is 0 Å². The molecule has 0 radical (unpaired) electrons. The number of hydrogen-bond acceptors (Lipinski definition) is 4. The van der Waals surface area contributed by atoms with Crippen molar-refractivity contribution in [1.29, 1.82) is 0 Å². The van der Waals surface area contributed by atoms with Gasteiger partial charge in [-0.05, 0) is 19.3 Å². The highest BCUT2D eigenvalue weighted by Crippen LogP contribution is 2.19. The minimum Gasteiger partial charge on any atom is -0.347 e. The number of Topliss-reactive ketones (excluding diaryl/α,β-unsaturated/α-hetero) is 1. The molecular formula is C11H15N3O. The van der Waals surface area contributed by atoms with E-state index in [-0.39, 0.29) is 5.78 Å². The first kappa shape index (κ1) is 10.1. The van der Waals surface area contributed by atoms with Crippen LogP contribution in [0.1, 0.15) is 35.3 Å². The van der Waals surface area contributed by atoms with E-state index in [4.69, 9.17) is 0 Å². The van der Waals surface area contributed by atoms with E-state index in [9.17, 15) is 4.79 Å². The maximum absolute atomic E-state index is 11.7. The highest BCUT2D eigenvalue weighted by molar-refractivity contribution is 5.97. The maximum Gasteiger partial charge on any atom is 0.225 e. The normalized spacial score (nSPS) is 15.7. The average molecular weight is 205 g/mol. The molecule has 0 saturated carbocycles. The van der Waals surface area contributed by atoms with Crippen molar-refractivity contribution in [3.8, 4) is 0 Å². The first-order chi connectivity index (χ1) is 7.18. The predicted molar refractivity (Wildman–Crippen MR) is 58.2 cm³/mol. The molecule has 1 aliphatic rings. The molecule has 0 fully saturated rings. The van der Waals surface area contributed by atoms with Crippen LogP contribution in [0.5, 0.6) is 0 Å². The van der Waals surface area contributed by atoms with E-state index >= 15 is 0 Å². The summed E-state index contributed by atoms with van der Waals surface area (Å²) in [5, 5.41) is 0. The van der Waals surface area contributed by atoms with Crippen molar-refractivity contribution in [2.75, 3.05) is 19.0 Å². The molecule has 1 aromatic rings. The Morgan fingerprint density at radius 3 is 2.73 bits per heavy atom. The van der Waals surface area contributed by atoms with Crippen molar-refractivity contribution in [2.24, 2.45) is 0 Å². The number of ketones is 1. The number of rotatable bonds is 1. The summed E-state index contributed by atoms with van der Waals surface area (Å²) in [6.45, 7) is 0. The zero-order valence-corrected chi connectivity index (χ0v) is 9.16. The summed E-state index contributed by atoms with van der Waals surface area (Å²) in [5.74, 6) is 0.872. The molecule has 0 atom stereocenters. The molecular weight excluding hydrogens is 190 g/mol. The van der Waals surface area contributed by atoms with Crippen molar-refractivity contribution in [3.05, 3.63) is 17.5 Å².